The highest BCUT2D eigenvalue weighted by molar-refractivity contribution is 5.43. The van der Waals surface area contributed by atoms with Gasteiger partial charge >= 0.3 is 0 Å². The van der Waals surface area contributed by atoms with Gasteiger partial charge in [0.1, 0.15) is 5.75 Å². The maximum Gasteiger partial charge on any atom is 0.115 e. The van der Waals surface area contributed by atoms with E-state index in [1.165, 1.54) is 36.0 Å². The van der Waals surface area contributed by atoms with Crippen molar-refractivity contribution < 1.29 is 5.11 Å². The highest BCUT2D eigenvalue weighted by atomic mass is 16.3. The molecule has 0 spiro atoms. The van der Waals surface area contributed by atoms with E-state index in [-0.39, 0.29) is 0 Å². The van der Waals surface area contributed by atoms with Gasteiger partial charge in [0, 0.05) is 6.04 Å². The minimum Gasteiger partial charge on any atom is -0.508 e. The van der Waals surface area contributed by atoms with Crippen LogP contribution >= 0.6 is 0 Å². The summed E-state index contributed by atoms with van der Waals surface area (Å²) in [5.41, 5.74) is 4.31. The Balaban J connectivity index is 1.54. The second kappa shape index (κ2) is 6.60. The van der Waals surface area contributed by atoms with Crippen LogP contribution in [0.4, 0.5) is 0 Å². The average molecular weight is 321 g/mol. The fourth-order valence-electron chi connectivity index (χ4n) is 4.77. The van der Waals surface area contributed by atoms with E-state index in [0.29, 0.717) is 29.5 Å². The molecule has 2 heteroatoms. The number of aryl methyl sites for hydroxylation is 1. The Labute approximate surface area is 144 Å². The van der Waals surface area contributed by atoms with Crippen LogP contribution in [0.25, 0.3) is 0 Å². The molecule has 1 heterocycles. The summed E-state index contributed by atoms with van der Waals surface area (Å²) >= 11 is 0. The zero-order valence-electron chi connectivity index (χ0n) is 14.4. The first-order chi connectivity index (χ1) is 11.7. The van der Waals surface area contributed by atoms with Gasteiger partial charge in [0.25, 0.3) is 0 Å². The van der Waals surface area contributed by atoms with Crippen LogP contribution in [-0.2, 0) is 6.42 Å². The number of benzene rings is 2. The zero-order valence-corrected chi connectivity index (χ0v) is 14.4. The van der Waals surface area contributed by atoms with E-state index in [9.17, 15) is 5.11 Å². The summed E-state index contributed by atoms with van der Waals surface area (Å²) in [5, 5.41) is 13.8. The summed E-state index contributed by atoms with van der Waals surface area (Å²) in [6.07, 6.45) is 4.80. The molecule has 1 aliphatic carbocycles. The Hall–Kier alpha value is -1.80. The molecule has 4 rings (SSSR count). The smallest absolute Gasteiger partial charge is 0.115 e. The van der Waals surface area contributed by atoms with Crippen molar-refractivity contribution in [2.45, 2.75) is 50.5 Å². The Morgan fingerprint density at radius 1 is 1.08 bits per heavy atom. The molecule has 24 heavy (non-hydrogen) atoms. The summed E-state index contributed by atoms with van der Waals surface area (Å²) in [6.45, 7) is 3.43. The van der Waals surface area contributed by atoms with Gasteiger partial charge in [-0.05, 0) is 78.8 Å². The third-order valence-corrected chi connectivity index (χ3v) is 6.08. The SMILES string of the molecule is C[C@@H]1CN[C@H]2C[C@@H]1c1cc(O)ccc1C2CCCc1ccccc1. The van der Waals surface area contributed by atoms with E-state index < -0.39 is 0 Å². The molecule has 1 fully saturated rings. The van der Waals surface area contributed by atoms with E-state index in [1.807, 2.05) is 12.1 Å². The monoisotopic (exact) mass is 321 g/mol. The maximum absolute atomic E-state index is 9.97. The van der Waals surface area contributed by atoms with Crippen LogP contribution in [0.1, 0.15) is 54.7 Å². The van der Waals surface area contributed by atoms with Crippen molar-refractivity contribution in [2.75, 3.05) is 6.54 Å². The standard InChI is InChI=1S/C22H27NO/c1-15-14-23-22-13-20(15)21-12-17(24)10-11-18(21)19(22)9-5-8-16-6-3-2-4-7-16/h2-4,6-7,10-12,15,19-20,22-24H,5,8-9,13-14H2,1H3/t15-,19?,20+,22+/m1/s1. The van der Waals surface area contributed by atoms with Crippen LogP contribution in [0.2, 0.25) is 0 Å². The van der Waals surface area contributed by atoms with Crippen LogP contribution in [0.3, 0.4) is 0 Å². The molecule has 2 aromatic rings. The van der Waals surface area contributed by atoms with Crippen molar-refractivity contribution in [3.8, 4) is 5.75 Å². The number of phenols is 1. The molecule has 0 aromatic heterocycles. The summed E-state index contributed by atoms with van der Waals surface area (Å²) in [7, 11) is 0. The molecule has 4 atom stereocenters. The molecule has 126 valence electrons. The molecular weight excluding hydrogens is 294 g/mol. The average Bonchev–Trinajstić information content (AvgIpc) is 2.61. The molecule has 2 bridgehead atoms. The number of fused-ring (bicyclic) bond motifs is 4. The quantitative estimate of drug-likeness (QED) is 0.863. The van der Waals surface area contributed by atoms with Crippen molar-refractivity contribution in [3.63, 3.8) is 0 Å². The van der Waals surface area contributed by atoms with Gasteiger partial charge in [0.05, 0.1) is 0 Å². The van der Waals surface area contributed by atoms with E-state index in [1.54, 1.807) is 0 Å². The largest absolute Gasteiger partial charge is 0.508 e. The molecule has 1 aliphatic heterocycles. The van der Waals surface area contributed by atoms with Gasteiger partial charge in [0.15, 0.2) is 0 Å². The third kappa shape index (κ3) is 2.95. The molecule has 0 radical (unpaired) electrons. The van der Waals surface area contributed by atoms with Crippen molar-refractivity contribution in [2.24, 2.45) is 5.92 Å². The Bertz CT molecular complexity index is 696. The highest BCUT2D eigenvalue weighted by Crippen LogP contribution is 2.47. The number of rotatable bonds is 4. The number of phenolic OH excluding ortho intramolecular Hbond substituents is 1. The topological polar surface area (TPSA) is 32.3 Å². The van der Waals surface area contributed by atoms with Gasteiger partial charge in [0.2, 0.25) is 0 Å². The van der Waals surface area contributed by atoms with Crippen molar-refractivity contribution in [1.82, 2.24) is 5.32 Å². The van der Waals surface area contributed by atoms with Crippen LogP contribution in [0.5, 0.6) is 5.75 Å². The predicted octanol–water partition coefficient (Wildman–Crippen LogP) is 4.59. The fraction of sp³-hybridized carbons (Fsp3) is 0.455. The summed E-state index contributed by atoms with van der Waals surface area (Å²) in [4.78, 5) is 0. The lowest BCUT2D eigenvalue weighted by atomic mass is 9.66. The first-order valence-electron chi connectivity index (χ1n) is 9.32. The van der Waals surface area contributed by atoms with Gasteiger partial charge in [-0.15, -0.1) is 0 Å². The summed E-state index contributed by atoms with van der Waals surface area (Å²) < 4.78 is 0. The molecule has 1 saturated heterocycles. The third-order valence-electron chi connectivity index (χ3n) is 6.08. The molecule has 1 unspecified atom stereocenters. The van der Waals surface area contributed by atoms with Gasteiger partial charge < -0.3 is 10.4 Å². The number of hydrogen-bond acceptors (Lipinski definition) is 2. The van der Waals surface area contributed by atoms with Crippen LogP contribution < -0.4 is 5.32 Å². The van der Waals surface area contributed by atoms with Crippen molar-refractivity contribution in [3.05, 3.63) is 65.2 Å². The number of nitrogens with one attached hydrogen (secondary N) is 1. The number of piperidine rings is 1. The molecule has 2 N–H and O–H groups in total. The molecule has 2 aliphatic rings. The van der Waals surface area contributed by atoms with Gasteiger partial charge in [-0.3, -0.25) is 0 Å². The molecule has 0 saturated carbocycles. The Morgan fingerprint density at radius 2 is 1.92 bits per heavy atom. The Morgan fingerprint density at radius 3 is 2.75 bits per heavy atom. The van der Waals surface area contributed by atoms with Crippen molar-refractivity contribution in [1.29, 1.82) is 0 Å². The second-order valence-electron chi connectivity index (χ2n) is 7.63. The van der Waals surface area contributed by atoms with Gasteiger partial charge in [-0.1, -0.05) is 43.3 Å². The predicted molar refractivity (Wildman–Crippen MR) is 98.5 cm³/mol. The normalized spacial score (nSPS) is 28.4. The highest BCUT2D eigenvalue weighted by Gasteiger charge is 2.39. The fourth-order valence-corrected chi connectivity index (χ4v) is 4.77. The van der Waals surface area contributed by atoms with Crippen LogP contribution in [-0.4, -0.2) is 17.7 Å². The summed E-state index contributed by atoms with van der Waals surface area (Å²) in [5.74, 6) is 2.24. The summed E-state index contributed by atoms with van der Waals surface area (Å²) in [6, 6.07) is 17.5. The first kappa shape index (κ1) is 15.7. The van der Waals surface area contributed by atoms with Crippen LogP contribution in [0.15, 0.2) is 48.5 Å². The van der Waals surface area contributed by atoms with E-state index in [2.05, 4.69) is 48.6 Å². The minimum absolute atomic E-state index is 0.418. The van der Waals surface area contributed by atoms with E-state index >= 15 is 0 Å². The van der Waals surface area contributed by atoms with E-state index in [0.717, 1.165) is 13.0 Å². The lowest BCUT2D eigenvalue weighted by Gasteiger charge is -2.45. The lowest BCUT2D eigenvalue weighted by Crippen LogP contribution is -2.48. The molecule has 0 amide bonds. The second-order valence-corrected chi connectivity index (χ2v) is 7.63. The van der Waals surface area contributed by atoms with E-state index in [4.69, 9.17) is 0 Å². The minimum atomic E-state index is 0.418. The first-order valence-corrected chi connectivity index (χ1v) is 9.32. The number of hydrogen-bond donors (Lipinski definition) is 2. The maximum atomic E-state index is 9.97. The van der Waals surface area contributed by atoms with Crippen molar-refractivity contribution >= 4 is 0 Å². The van der Waals surface area contributed by atoms with Gasteiger partial charge in [-0.2, -0.15) is 0 Å². The Kier molecular flexibility index (Phi) is 4.32. The van der Waals surface area contributed by atoms with Crippen LogP contribution in [0, 0.1) is 5.92 Å². The molecule has 2 aromatic carbocycles. The lowest BCUT2D eigenvalue weighted by molar-refractivity contribution is 0.229. The molecular formula is C22H27NO. The molecule has 2 nitrogen and oxygen atoms in total. The van der Waals surface area contributed by atoms with Gasteiger partial charge in [-0.25, -0.2) is 0 Å². The zero-order chi connectivity index (χ0) is 16.5. The number of aromatic hydroxyl groups is 1.